The van der Waals surface area contributed by atoms with Crippen molar-refractivity contribution in [2.75, 3.05) is 23.0 Å². The fourth-order valence-corrected chi connectivity index (χ4v) is 1.36. The van der Waals surface area contributed by atoms with Crippen molar-refractivity contribution in [3.63, 3.8) is 0 Å². The molecule has 0 radical (unpaired) electrons. The van der Waals surface area contributed by atoms with Crippen molar-refractivity contribution in [2.24, 2.45) is 5.84 Å². The van der Waals surface area contributed by atoms with Crippen LogP contribution in [0.2, 0.25) is 0 Å². The fourth-order valence-electron chi connectivity index (χ4n) is 1.36. The number of hydrogen-bond acceptors (Lipinski definition) is 7. The first-order valence-electron chi connectivity index (χ1n) is 5.09. The third kappa shape index (κ3) is 3.05. The third-order valence-corrected chi connectivity index (χ3v) is 2.13. The van der Waals surface area contributed by atoms with E-state index in [-0.39, 0.29) is 5.95 Å². The number of nitrogens with two attached hydrogens (primary N) is 2. The van der Waals surface area contributed by atoms with Crippen molar-refractivity contribution >= 4 is 17.6 Å². The Hall–Kier alpha value is -2.35. The van der Waals surface area contributed by atoms with Gasteiger partial charge in [0.05, 0.1) is 6.33 Å². The minimum Gasteiger partial charge on any atom is -0.368 e. The van der Waals surface area contributed by atoms with Crippen LogP contribution in [0.3, 0.4) is 0 Å². The maximum atomic E-state index is 5.53. The third-order valence-electron chi connectivity index (χ3n) is 2.13. The molecule has 0 aliphatic heterocycles. The van der Waals surface area contributed by atoms with Crippen LogP contribution in [0.1, 0.15) is 0 Å². The second-order valence-electron chi connectivity index (χ2n) is 3.37. The SMILES string of the molecule is NNc1cc(NCCn2ccnc2)nc(N)n1. The van der Waals surface area contributed by atoms with Crippen LogP contribution in [0.15, 0.2) is 24.8 Å². The minimum atomic E-state index is 0.172. The van der Waals surface area contributed by atoms with Crippen LogP contribution in [0.4, 0.5) is 17.6 Å². The molecule has 90 valence electrons. The molecule has 17 heavy (non-hydrogen) atoms. The molecule has 2 aromatic rings. The predicted octanol–water partition coefficient (Wildman–Crippen LogP) is -0.347. The first kappa shape index (κ1) is 11.1. The Morgan fingerprint density at radius 2 is 2.12 bits per heavy atom. The number of nitrogens with one attached hydrogen (secondary N) is 2. The normalized spacial score (nSPS) is 10.2. The Bertz CT molecular complexity index is 466. The van der Waals surface area contributed by atoms with Gasteiger partial charge in [-0.05, 0) is 0 Å². The number of anilines is 3. The van der Waals surface area contributed by atoms with E-state index in [1.807, 2.05) is 10.8 Å². The van der Waals surface area contributed by atoms with E-state index in [1.54, 1.807) is 18.6 Å². The van der Waals surface area contributed by atoms with Gasteiger partial charge in [-0.25, -0.2) is 10.8 Å². The summed E-state index contributed by atoms with van der Waals surface area (Å²) >= 11 is 0. The van der Waals surface area contributed by atoms with Crippen LogP contribution in [0, 0.1) is 0 Å². The van der Waals surface area contributed by atoms with E-state index in [0.717, 1.165) is 6.54 Å². The van der Waals surface area contributed by atoms with Crippen LogP contribution in [-0.2, 0) is 6.54 Å². The van der Waals surface area contributed by atoms with Crippen molar-refractivity contribution in [2.45, 2.75) is 6.54 Å². The maximum absolute atomic E-state index is 5.53. The number of rotatable bonds is 5. The lowest BCUT2D eigenvalue weighted by Crippen LogP contribution is -2.14. The number of nitrogens with zero attached hydrogens (tertiary/aromatic N) is 4. The second kappa shape index (κ2) is 5.12. The van der Waals surface area contributed by atoms with Gasteiger partial charge in [0.15, 0.2) is 0 Å². The number of nitrogen functional groups attached to an aromatic ring is 2. The molecule has 8 heteroatoms. The molecular formula is C9H14N8. The van der Waals surface area contributed by atoms with Gasteiger partial charge in [-0.3, -0.25) is 0 Å². The first-order chi connectivity index (χ1) is 8.28. The second-order valence-corrected chi connectivity index (χ2v) is 3.37. The molecule has 0 saturated carbocycles. The molecule has 0 spiro atoms. The largest absolute Gasteiger partial charge is 0.368 e. The monoisotopic (exact) mass is 234 g/mol. The van der Waals surface area contributed by atoms with E-state index in [4.69, 9.17) is 11.6 Å². The van der Waals surface area contributed by atoms with Crippen LogP contribution in [0.5, 0.6) is 0 Å². The Labute approximate surface area is 98.0 Å². The smallest absolute Gasteiger partial charge is 0.223 e. The quantitative estimate of drug-likeness (QED) is 0.412. The van der Waals surface area contributed by atoms with Crippen molar-refractivity contribution < 1.29 is 0 Å². The average Bonchev–Trinajstić information content (AvgIpc) is 2.81. The number of imidazole rings is 1. The summed E-state index contributed by atoms with van der Waals surface area (Å²) in [7, 11) is 0. The molecule has 0 bridgehead atoms. The Morgan fingerprint density at radius 3 is 2.82 bits per heavy atom. The molecule has 2 aromatic heterocycles. The fraction of sp³-hybridized carbons (Fsp3) is 0.222. The van der Waals surface area contributed by atoms with Crippen LogP contribution in [-0.4, -0.2) is 26.1 Å². The molecule has 0 unspecified atom stereocenters. The van der Waals surface area contributed by atoms with E-state index in [0.29, 0.717) is 18.2 Å². The summed E-state index contributed by atoms with van der Waals surface area (Å²) in [4.78, 5) is 11.9. The van der Waals surface area contributed by atoms with Crippen molar-refractivity contribution in [3.05, 3.63) is 24.8 Å². The topological polar surface area (TPSA) is 120 Å². The molecule has 0 atom stereocenters. The van der Waals surface area contributed by atoms with Gasteiger partial charge in [-0.1, -0.05) is 0 Å². The zero-order valence-electron chi connectivity index (χ0n) is 9.17. The van der Waals surface area contributed by atoms with Crippen molar-refractivity contribution in [3.8, 4) is 0 Å². The summed E-state index contributed by atoms with van der Waals surface area (Å²) < 4.78 is 1.96. The Kier molecular flexibility index (Phi) is 3.36. The highest BCUT2D eigenvalue weighted by molar-refractivity contribution is 5.50. The van der Waals surface area contributed by atoms with Gasteiger partial charge in [-0.15, -0.1) is 0 Å². The molecule has 0 aliphatic carbocycles. The first-order valence-corrected chi connectivity index (χ1v) is 5.09. The summed E-state index contributed by atoms with van der Waals surface area (Å²) in [6.45, 7) is 1.49. The summed E-state index contributed by atoms with van der Waals surface area (Å²) in [6, 6.07) is 1.68. The summed E-state index contributed by atoms with van der Waals surface area (Å²) in [5, 5.41) is 3.12. The van der Waals surface area contributed by atoms with Crippen LogP contribution >= 0.6 is 0 Å². The Morgan fingerprint density at radius 1 is 1.29 bits per heavy atom. The van der Waals surface area contributed by atoms with Gasteiger partial charge in [0.1, 0.15) is 11.6 Å². The molecule has 0 aromatic carbocycles. The molecule has 0 fully saturated rings. The highest BCUT2D eigenvalue weighted by Gasteiger charge is 2.00. The maximum Gasteiger partial charge on any atom is 0.223 e. The zero-order chi connectivity index (χ0) is 12.1. The van der Waals surface area contributed by atoms with Gasteiger partial charge in [0, 0.05) is 31.5 Å². The van der Waals surface area contributed by atoms with E-state index >= 15 is 0 Å². The standard InChI is InChI=1S/C9H14N8/c10-9-14-7(5-8(15-9)16-11)13-2-4-17-3-1-12-6-17/h1,3,5-6H,2,4,11H2,(H4,10,13,14,15,16). The van der Waals surface area contributed by atoms with Gasteiger partial charge < -0.3 is 21.0 Å². The lowest BCUT2D eigenvalue weighted by Gasteiger charge is -2.08. The van der Waals surface area contributed by atoms with Gasteiger partial charge in [0.25, 0.3) is 0 Å². The molecule has 6 N–H and O–H groups in total. The molecule has 0 amide bonds. The van der Waals surface area contributed by atoms with Gasteiger partial charge in [-0.2, -0.15) is 9.97 Å². The Balaban J connectivity index is 1.92. The van der Waals surface area contributed by atoms with Crippen molar-refractivity contribution in [1.29, 1.82) is 0 Å². The highest BCUT2D eigenvalue weighted by Crippen LogP contribution is 2.10. The predicted molar refractivity (Wildman–Crippen MR) is 65.0 cm³/mol. The van der Waals surface area contributed by atoms with Gasteiger partial charge >= 0.3 is 0 Å². The molecule has 2 rings (SSSR count). The van der Waals surface area contributed by atoms with E-state index in [1.165, 1.54) is 0 Å². The van der Waals surface area contributed by atoms with Crippen LogP contribution < -0.4 is 22.3 Å². The molecule has 0 aliphatic rings. The minimum absolute atomic E-state index is 0.172. The summed E-state index contributed by atoms with van der Waals surface area (Å²) in [5.41, 5.74) is 7.95. The lowest BCUT2D eigenvalue weighted by atomic mass is 10.5. The van der Waals surface area contributed by atoms with Crippen molar-refractivity contribution in [1.82, 2.24) is 19.5 Å². The van der Waals surface area contributed by atoms with Gasteiger partial charge in [0.2, 0.25) is 5.95 Å². The van der Waals surface area contributed by atoms with E-state index in [2.05, 4.69) is 25.7 Å². The number of hydrogen-bond donors (Lipinski definition) is 4. The molecular weight excluding hydrogens is 220 g/mol. The molecule has 0 saturated heterocycles. The van der Waals surface area contributed by atoms with E-state index in [9.17, 15) is 0 Å². The highest BCUT2D eigenvalue weighted by atomic mass is 15.3. The zero-order valence-corrected chi connectivity index (χ0v) is 9.17. The number of hydrazine groups is 1. The average molecular weight is 234 g/mol. The molecule has 8 nitrogen and oxygen atoms in total. The summed E-state index contributed by atoms with van der Waals surface area (Å²) in [6.07, 6.45) is 5.38. The molecule has 2 heterocycles. The number of aromatic nitrogens is 4. The van der Waals surface area contributed by atoms with E-state index < -0.39 is 0 Å². The summed E-state index contributed by atoms with van der Waals surface area (Å²) in [5.74, 6) is 6.53. The van der Waals surface area contributed by atoms with Crippen LogP contribution in [0.25, 0.3) is 0 Å². The lowest BCUT2D eigenvalue weighted by molar-refractivity contribution is 0.725.